The number of nitrogens with two attached hydrogens (primary N) is 1. The molecule has 116 valence electrons. The van der Waals surface area contributed by atoms with Crippen molar-refractivity contribution in [1.82, 2.24) is 4.98 Å². The fraction of sp³-hybridized carbons (Fsp3) is 0.600. The van der Waals surface area contributed by atoms with E-state index in [2.05, 4.69) is 4.98 Å². The second-order valence-electron chi connectivity index (χ2n) is 5.47. The second kappa shape index (κ2) is 7.13. The zero-order valence-electron chi connectivity index (χ0n) is 12.2. The largest absolute Gasteiger partial charge is 0.466 e. The summed E-state index contributed by atoms with van der Waals surface area (Å²) >= 11 is 1.52. The zero-order chi connectivity index (χ0) is 15.3. The molecule has 1 aromatic heterocycles. The monoisotopic (exact) mass is 310 g/mol. The van der Waals surface area contributed by atoms with Gasteiger partial charge in [0.25, 0.3) is 0 Å². The van der Waals surface area contributed by atoms with Gasteiger partial charge >= 0.3 is 5.97 Å². The number of hydrogen-bond acceptors (Lipinski definition) is 6. The number of carbonyl (C=O) groups excluding carboxylic acids is 1. The summed E-state index contributed by atoms with van der Waals surface area (Å²) in [5, 5.41) is 11.4. The molecule has 5 nitrogen and oxygen atoms in total. The molecule has 1 aliphatic rings. The Kier molecular flexibility index (Phi) is 5.47. The van der Waals surface area contributed by atoms with Crippen LogP contribution in [0.3, 0.4) is 0 Å². The van der Waals surface area contributed by atoms with Crippen molar-refractivity contribution in [2.24, 2.45) is 5.92 Å². The maximum absolute atomic E-state index is 11.7. The Balaban J connectivity index is 1.82. The first-order chi connectivity index (χ1) is 10.0. The van der Waals surface area contributed by atoms with Crippen LogP contribution < -0.4 is 5.73 Å². The van der Waals surface area contributed by atoms with Crippen molar-refractivity contribution >= 4 is 23.4 Å². The van der Waals surface area contributed by atoms with Crippen LogP contribution >= 0.6 is 11.8 Å². The van der Waals surface area contributed by atoms with Gasteiger partial charge in [-0.3, -0.25) is 4.79 Å². The Morgan fingerprint density at radius 1 is 1.52 bits per heavy atom. The van der Waals surface area contributed by atoms with Crippen molar-refractivity contribution in [1.29, 1.82) is 0 Å². The maximum Gasteiger partial charge on any atom is 0.308 e. The van der Waals surface area contributed by atoms with Crippen LogP contribution in [0.15, 0.2) is 23.4 Å². The standard InChI is InChI=1S/C15H22N2O3S/c1-2-20-14(18)11-5-7-15(19,8-6-11)10-21-13-4-3-12(16)9-17-13/h3-4,9,11,19H,2,5-8,10,16H2,1H3. The third-order valence-electron chi connectivity index (χ3n) is 3.78. The Hall–Kier alpha value is -1.27. The molecule has 0 radical (unpaired) electrons. The summed E-state index contributed by atoms with van der Waals surface area (Å²) in [5.74, 6) is 0.386. The Morgan fingerprint density at radius 3 is 2.81 bits per heavy atom. The maximum atomic E-state index is 11.7. The summed E-state index contributed by atoms with van der Waals surface area (Å²) in [6, 6.07) is 3.66. The van der Waals surface area contributed by atoms with E-state index in [9.17, 15) is 9.90 Å². The molecule has 0 aromatic carbocycles. The summed E-state index contributed by atoms with van der Waals surface area (Å²) in [6.45, 7) is 2.23. The molecule has 0 spiro atoms. The van der Waals surface area contributed by atoms with Crippen LogP contribution in [-0.2, 0) is 9.53 Å². The number of nitrogen functional groups attached to an aromatic ring is 1. The molecule has 0 amide bonds. The van der Waals surface area contributed by atoms with Gasteiger partial charge in [0.15, 0.2) is 0 Å². The molecule has 0 unspecified atom stereocenters. The average molecular weight is 310 g/mol. The molecule has 21 heavy (non-hydrogen) atoms. The molecule has 0 saturated heterocycles. The van der Waals surface area contributed by atoms with Crippen LogP contribution in [0, 0.1) is 5.92 Å². The zero-order valence-corrected chi connectivity index (χ0v) is 13.1. The van der Waals surface area contributed by atoms with Crippen molar-refractivity contribution < 1.29 is 14.6 Å². The highest BCUT2D eigenvalue weighted by molar-refractivity contribution is 7.99. The van der Waals surface area contributed by atoms with E-state index in [0.29, 0.717) is 43.7 Å². The molecule has 2 rings (SSSR count). The Labute approximate surface area is 129 Å². The molecule has 0 bridgehead atoms. The normalized spacial score (nSPS) is 25.5. The fourth-order valence-electron chi connectivity index (χ4n) is 2.48. The SMILES string of the molecule is CCOC(=O)C1CCC(O)(CSc2ccc(N)cn2)CC1. The molecule has 6 heteroatoms. The highest BCUT2D eigenvalue weighted by Crippen LogP contribution is 2.36. The third-order valence-corrected chi connectivity index (χ3v) is 5.00. The lowest BCUT2D eigenvalue weighted by molar-refractivity contribution is -0.150. The third kappa shape index (κ3) is 4.61. The summed E-state index contributed by atoms with van der Waals surface area (Å²) in [6.07, 6.45) is 4.23. The van der Waals surface area contributed by atoms with E-state index in [1.54, 1.807) is 12.3 Å². The van der Waals surface area contributed by atoms with Crippen LogP contribution in [0.5, 0.6) is 0 Å². The summed E-state index contributed by atoms with van der Waals surface area (Å²) in [7, 11) is 0. The molecule has 0 aliphatic heterocycles. The number of hydrogen-bond donors (Lipinski definition) is 2. The minimum Gasteiger partial charge on any atom is -0.466 e. The van der Waals surface area contributed by atoms with Gasteiger partial charge in [-0.1, -0.05) is 0 Å². The number of carbonyl (C=O) groups is 1. The van der Waals surface area contributed by atoms with Gasteiger partial charge < -0.3 is 15.6 Å². The number of thioether (sulfide) groups is 1. The first kappa shape index (κ1) is 16.1. The van der Waals surface area contributed by atoms with Crippen LogP contribution in [0.4, 0.5) is 5.69 Å². The van der Waals surface area contributed by atoms with Gasteiger partial charge in [-0.25, -0.2) is 4.98 Å². The van der Waals surface area contributed by atoms with Gasteiger partial charge in [-0.2, -0.15) is 0 Å². The van der Waals surface area contributed by atoms with E-state index in [0.717, 1.165) is 5.03 Å². The quantitative estimate of drug-likeness (QED) is 0.641. The average Bonchev–Trinajstić information content (AvgIpc) is 2.48. The van der Waals surface area contributed by atoms with E-state index >= 15 is 0 Å². The highest BCUT2D eigenvalue weighted by Gasteiger charge is 2.36. The number of aliphatic hydroxyl groups is 1. The number of esters is 1. The number of pyridine rings is 1. The van der Waals surface area contributed by atoms with Crippen molar-refractivity contribution in [2.45, 2.75) is 43.2 Å². The molecule has 0 atom stereocenters. The van der Waals surface area contributed by atoms with Crippen molar-refractivity contribution in [3.8, 4) is 0 Å². The first-order valence-electron chi connectivity index (χ1n) is 7.26. The topological polar surface area (TPSA) is 85.4 Å². The number of aromatic nitrogens is 1. The molecule has 1 heterocycles. The molecule has 1 saturated carbocycles. The van der Waals surface area contributed by atoms with Crippen LogP contribution in [0.1, 0.15) is 32.6 Å². The Morgan fingerprint density at radius 2 is 2.24 bits per heavy atom. The highest BCUT2D eigenvalue weighted by atomic mass is 32.2. The number of anilines is 1. The molecule has 1 fully saturated rings. The van der Waals surface area contributed by atoms with E-state index in [4.69, 9.17) is 10.5 Å². The van der Waals surface area contributed by atoms with Crippen molar-refractivity contribution in [3.05, 3.63) is 18.3 Å². The summed E-state index contributed by atoms with van der Waals surface area (Å²) < 4.78 is 5.04. The van der Waals surface area contributed by atoms with E-state index in [1.165, 1.54) is 11.8 Å². The molecular formula is C15H22N2O3S. The van der Waals surface area contributed by atoms with Crippen LogP contribution in [0.25, 0.3) is 0 Å². The van der Waals surface area contributed by atoms with Crippen LogP contribution in [0.2, 0.25) is 0 Å². The van der Waals surface area contributed by atoms with E-state index in [1.807, 2.05) is 13.0 Å². The van der Waals surface area contributed by atoms with Gasteiger partial charge in [0.2, 0.25) is 0 Å². The van der Waals surface area contributed by atoms with Gasteiger partial charge in [0.05, 0.1) is 35.0 Å². The second-order valence-corrected chi connectivity index (χ2v) is 6.46. The smallest absolute Gasteiger partial charge is 0.308 e. The predicted octanol–water partition coefficient (Wildman–Crippen LogP) is 2.24. The lowest BCUT2D eigenvalue weighted by atomic mass is 9.80. The lowest BCUT2D eigenvalue weighted by Gasteiger charge is -2.34. The minimum absolute atomic E-state index is 0.0649. The van der Waals surface area contributed by atoms with Crippen molar-refractivity contribution in [3.63, 3.8) is 0 Å². The minimum atomic E-state index is -0.725. The van der Waals surface area contributed by atoms with Crippen molar-refractivity contribution in [2.75, 3.05) is 18.1 Å². The molecular weight excluding hydrogens is 288 g/mol. The van der Waals surface area contributed by atoms with Gasteiger partial charge in [0, 0.05) is 5.75 Å². The lowest BCUT2D eigenvalue weighted by Crippen LogP contribution is -2.38. The summed E-state index contributed by atoms with van der Waals surface area (Å²) in [5.41, 5.74) is 5.50. The molecule has 1 aliphatic carbocycles. The number of ether oxygens (including phenoxy) is 1. The molecule has 3 N–H and O–H groups in total. The van der Waals surface area contributed by atoms with E-state index in [-0.39, 0.29) is 11.9 Å². The van der Waals surface area contributed by atoms with Gasteiger partial charge in [-0.15, -0.1) is 11.8 Å². The first-order valence-corrected chi connectivity index (χ1v) is 8.24. The predicted molar refractivity (Wildman–Crippen MR) is 82.9 cm³/mol. The Bertz CT molecular complexity index is 470. The van der Waals surface area contributed by atoms with Gasteiger partial charge in [-0.05, 0) is 44.7 Å². The number of nitrogens with zero attached hydrogens (tertiary/aromatic N) is 1. The summed E-state index contributed by atoms with van der Waals surface area (Å²) in [4.78, 5) is 15.9. The van der Waals surface area contributed by atoms with Crippen LogP contribution in [-0.4, -0.2) is 34.0 Å². The fourth-order valence-corrected chi connectivity index (χ4v) is 3.48. The van der Waals surface area contributed by atoms with E-state index < -0.39 is 5.60 Å². The van der Waals surface area contributed by atoms with Gasteiger partial charge in [0.1, 0.15) is 0 Å². The number of rotatable bonds is 5. The molecule has 1 aromatic rings.